The molecule has 0 spiro atoms. The Hall–Kier alpha value is -1.26. The van der Waals surface area contributed by atoms with Gasteiger partial charge >= 0.3 is 0 Å². The molecule has 0 amide bonds. The second-order valence-electron chi connectivity index (χ2n) is 4.69. The predicted molar refractivity (Wildman–Crippen MR) is 67.1 cm³/mol. The lowest BCUT2D eigenvalue weighted by Crippen LogP contribution is -2.43. The lowest BCUT2D eigenvalue weighted by molar-refractivity contribution is 0.188. The van der Waals surface area contributed by atoms with Gasteiger partial charge in [0.25, 0.3) is 0 Å². The molecule has 17 heavy (non-hydrogen) atoms. The Labute approximate surface area is 102 Å². The van der Waals surface area contributed by atoms with Crippen molar-refractivity contribution in [3.8, 4) is 11.5 Å². The summed E-state index contributed by atoms with van der Waals surface area (Å²) in [5, 5.41) is 22.0. The van der Waals surface area contributed by atoms with E-state index in [4.69, 9.17) is 0 Å². The van der Waals surface area contributed by atoms with Gasteiger partial charge in [0.1, 0.15) is 0 Å². The van der Waals surface area contributed by atoms with Crippen molar-refractivity contribution in [3.05, 3.63) is 23.8 Å². The van der Waals surface area contributed by atoms with Gasteiger partial charge in [-0.05, 0) is 44.1 Å². The molecule has 1 atom stereocenters. The number of likely N-dealkylation sites (tertiary alicyclic amines) is 1. The zero-order chi connectivity index (χ0) is 12.3. The van der Waals surface area contributed by atoms with Gasteiger partial charge in [0.05, 0.1) is 0 Å². The van der Waals surface area contributed by atoms with Crippen LogP contribution in [-0.2, 0) is 6.54 Å². The monoisotopic (exact) mass is 236 g/mol. The minimum absolute atomic E-state index is 0.0373. The number of likely N-dealkylation sites (N-methyl/N-ethyl adjacent to an activating group) is 1. The number of rotatable bonds is 3. The fourth-order valence-corrected chi connectivity index (χ4v) is 2.36. The molecule has 94 valence electrons. The van der Waals surface area contributed by atoms with Gasteiger partial charge < -0.3 is 15.5 Å². The average Bonchev–Trinajstić information content (AvgIpc) is 2.34. The van der Waals surface area contributed by atoms with Crippen LogP contribution in [0.15, 0.2) is 18.2 Å². The van der Waals surface area contributed by atoms with Crippen LogP contribution in [-0.4, -0.2) is 41.3 Å². The molecule has 0 radical (unpaired) electrons. The summed E-state index contributed by atoms with van der Waals surface area (Å²) in [7, 11) is 2.00. The van der Waals surface area contributed by atoms with Gasteiger partial charge in [-0.15, -0.1) is 0 Å². The molecule has 1 aromatic rings. The van der Waals surface area contributed by atoms with Crippen molar-refractivity contribution >= 4 is 0 Å². The van der Waals surface area contributed by atoms with Crippen molar-refractivity contribution in [2.75, 3.05) is 20.1 Å². The van der Waals surface area contributed by atoms with Gasteiger partial charge in [-0.3, -0.25) is 4.90 Å². The molecule has 1 fully saturated rings. The van der Waals surface area contributed by atoms with Crippen molar-refractivity contribution in [1.29, 1.82) is 0 Å². The SMILES string of the molecule is CNC1CCCN(Cc2ccc(O)c(O)c2)C1. The minimum atomic E-state index is -0.0551. The van der Waals surface area contributed by atoms with E-state index in [1.54, 1.807) is 12.1 Å². The Kier molecular flexibility index (Phi) is 3.86. The van der Waals surface area contributed by atoms with Crippen LogP contribution in [0, 0.1) is 0 Å². The molecule has 1 aliphatic rings. The highest BCUT2D eigenvalue weighted by atomic mass is 16.3. The predicted octanol–water partition coefficient (Wildman–Crippen LogP) is 1.28. The maximum absolute atomic E-state index is 9.45. The van der Waals surface area contributed by atoms with E-state index in [-0.39, 0.29) is 11.5 Å². The second-order valence-corrected chi connectivity index (χ2v) is 4.69. The summed E-state index contributed by atoms with van der Waals surface area (Å²) in [6.45, 7) is 2.96. The number of aromatic hydroxyl groups is 2. The lowest BCUT2D eigenvalue weighted by atomic mass is 10.0. The molecule has 1 aromatic carbocycles. The molecule has 0 bridgehead atoms. The molecule has 1 saturated heterocycles. The molecule has 1 unspecified atom stereocenters. The van der Waals surface area contributed by atoms with Crippen LogP contribution in [0.5, 0.6) is 11.5 Å². The van der Waals surface area contributed by atoms with Gasteiger partial charge in [0.15, 0.2) is 11.5 Å². The molecule has 4 heteroatoms. The highest BCUT2D eigenvalue weighted by molar-refractivity contribution is 5.40. The number of phenolic OH excluding ortho intramolecular Hbond substituents is 2. The Morgan fingerprint density at radius 2 is 2.18 bits per heavy atom. The summed E-state index contributed by atoms with van der Waals surface area (Å²) in [5.74, 6) is -0.0924. The zero-order valence-electron chi connectivity index (χ0n) is 10.2. The smallest absolute Gasteiger partial charge is 0.157 e. The number of benzene rings is 1. The van der Waals surface area contributed by atoms with E-state index in [1.165, 1.54) is 12.8 Å². The first-order valence-electron chi connectivity index (χ1n) is 6.09. The first kappa shape index (κ1) is 12.2. The summed E-state index contributed by atoms with van der Waals surface area (Å²) in [4.78, 5) is 2.37. The highest BCUT2D eigenvalue weighted by Crippen LogP contribution is 2.26. The van der Waals surface area contributed by atoms with E-state index >= 15 is 0 Å². The molecular weight excluding hydrogens is 216 g/mol. The summed E-state index contributed by atoms with van der Waals surface area (Å²) in [6, 6.07) is 5.61. The molecule has 0 saturated carbocycles. The van der Waals surface area contributed by atoms with Crippen LogP contribution < -0.4 is 5.32 Å². The molecule has 3 N–H and O–H groups in total. The Morgan fingerprint density at radius 3 is 2.88 bits per heavy atom. The average molecular weight is 236 g/mol. The molecule has 4 nitrogen and oxygen atoms in total. The van der Waals surface area contributed by atoms with E-state index in [9.17, 15) is 10.2 Å². The maximum atomic E-state index is 9.45. The van der Waals surface area contributed by atoms with Gasteiger partial charge in [-0.25, -0.2) is 0 Å². The third-order valence-electron chi connectivity index (χ3n) is 3.36. The minimum Gasteiger partial charge on any atom is -0.504 e. The normalized spacial score (nSPS) is 21.6. The topological polar surface area (TPSA) is 55.7 Å². The van der Waals surface area contributed by atoms with E-state index in [2.05, 4.69) is 10.2 Å². The number of nitrogens with zero attached hydrogens (tertiary/aromatic N) is 1. The lowest BCUT2D eigenvalue weighted by Gasteiger charge is -2.32. The van der Waals surface area contributed by atoms with E-state index in [0.29, 0.717) is 6.04 Å². The van der Waals surface area contributed by atoms with Crippen molar-refractivity contribution in [1.82, 2.24) is 10.2 Å². The highest BCUT2D eigenvalue weighted by Gasteiger charge is 2.18. The standard InChI is InChI=1S/C13H20N2O2/c1-14-11-3-2-6-15(9-11)8-10-4-5-12(16)13(17)7-10/h4-5,7,11,14,16-17H,2-3,6,8-9H2,1H3. The van der Waals surface area contributed by atoms with Crippen molar-refractivity contribution in [3.63, 3.8) is 0 Å². The fourth-order valence-electron chi connectivity index (χ4n) is 2.36. The summed E-state index contributed by atoms with van der Waals surface area (Å²) in [5.41, 5.74) is 1.04. The Balaban J connectivity index is 1.97. The maximum Gasteiger partial charge on any atom is 0.157 e. The summed E-state index contributed by atoms with van der Waals surface area (Å²) >= 11 is 0. The number of phenols is 2. The van der Waals surface area contributed by atoms with Gasteiger partial charge in [0, 0.05) is 19.1 Å². The van der Waals surface area contributed by atoms with E-state index in [0.717, 1.165) is 25.2 Å². The number of hydrogen-bond donors (Lipinski definition) is 3. The third kappa shape index (κ3) is 3.11. The van der Waals surface area contributed by atoms with Crippen LogP contribution >= 0.6 is 0 Å². The van der Waals surface area contributed by atoms with E-state index < -0.39 is 0 Å². The van der Waals surface area contributed by atoms with Crippen molar-refractivity contribution in [2.24, 2.45) is 0 Å². The van der Waals surface area contributed by atoms with Crippen LogP contribution in [0.2, 0.25) is 0 Å². The first-order valence-corrected chi connectivity index (χ1v) is 6.09. The van der Waals surface area contributed by atoms with Gasteiger partial charge in [-0.2, -0.15) is 0 Å². The van der Waals surface area contributed by atoms with Crippen LogP contribution in [0.4, 0.5) is 0 Å². The Bertz CT molecular complexity index is 382. The quantitative estimate of drug-likeness (QED) is 0.692. The van der Waals surface area contributed by atoms with Crippen LogP contribution in [0.3, 0.4) is 0 Å². The van der Waals surface area contributed by atoms with Crippen molar-refractivity contribution < 1.29 is 10.2 Å². The molecule has 1 heterocycles. The second kappa shape index (κ2) is 5.38. The summed E-state index contributed by atoms with van der Waals surface area (Å²) < 4.78 is 0. The van der Waals surface area contributed by atoms with Crippen molar-refractivity contribution in [2.45, 2.75) is 25.4 Å². The molecule has 1 aliphatic heterocycles. The fraction of sp³-hybridized carbons (Fsp3) is 0.538. The van der Waals surface area contributed by atoms with Crippen LogP contribution in [0.1, 0.15) is 18.4 Å². The molecule has 2 rings (SSSR count). The largest absolute Gasteiger partial charge is 0.504 e. The molecular formula is C13H20N2O2. The number of piperidine rings is 1. The number of nitrogens with one attached hydrogen (secondary N) is 1. The van der Waals surface area contributed by atoms with E-state index in [1.807, 2.05) is 13.1 Å². The van der Waals surface area contributed by atoms with Crippen LogP contribution in [0.25, 0.3) is 0 Å². The molecule has 0 aromatic heterocycles. The first-order chi connectivity index (χ1) is 8.19. The zero-order valence-corrected chi connectivity index (χ0v) is 10.2. The van der Waals surface area contributed by atoms with Gasteiger partial charge in [0.2, 0.25) is 0 Å². The third-order valence-corrected chi connectivity index (χ3v) is 3.36. The summed E-state index contributed by atoms with van der Waals surface area (Å²) in [6.07, 6.45) is 2.43. The number of hydrogen-bond acceptors (Lipinski definition) is 4. The molecule has 0 aliphatic carbocycles. The van der Waals surface area contributed by atoms with Gasteiger partial charge in [-0.1, -0.05) is 6.07 Å². The Morgan fingerprint density at radius 1 is 1.35 bits per heavy atom.